The molecule has 1 N–H and O–H groups in total. The Bertz CT molecular complexity index is 215. The van der Waals surface area contributed by atoms with Gasteiger partial charge >= 0.3 is 6.36 Å². The Kier molecular flexibility index (Phi) is 5.69. The van der Waals surface area contributed by atoms with Gasteiger partial charge in [-0.05, 0) is 33.2 Å². The minimum Gasteiger partial charge on any atom is -0.313 e. The zero-order valence-electron chi connectivity index (χ0n) is 10.4. The highest BCUT2D eigenvalue weighted by Crippen LogP contribution is 2.16. The van der Waals surface area contributed by atoms with Crippen LogP contribution in [0.5, 0.6) is 0 Å². The van der Waals surface area contributed by atoms with Gasteiger partial charge in [-0.3, -0.25) is 9.64 Å². The van der Waals surface area contributed by atoms with Crippen LogP contribution in [0.2, 0.25) is 0 Å². The molecule has 102 valence electrons. The van der Waals surface area contributed by atoms with Gasteiger partial charge in [0.15, 0.2) is 0 Å². The summed E-state index contributed by atoms with van der Waals surface area (Å²) in [6.07, 6.45) is -2.27. The highest BCUT2D eigenvalue weighted by Gasteiger charge is 2.29. The van der Waals surface area contributed by atoms with Crippen LogP contribution in [0.25, 0.3) is 0 Å². The fraction of sp³-hybridized carbons (Fsp3) is 1.00. The standard InChI is InChI=1S/C11H21F3N2O/c1-9(2)16(6-7-17-11(12,13)14)8-10-4-3-5-15-10/h9-10,15H,3-8H2,1-2H3. The molecule has 1 atom stereocenters. The van der Waals surface area contributed by atoms with Gasteiger partial charge in [0.1, 0.15) is 0 Å². The number of ether oxygens (including phenoxy) is 1. The van der Waals surface area contributed by atoms with E-state index in [0.29, 0.717) is 12.6 Å². The zero-order chi connectivity index (χ0) is 12.9. The van der Waals surface area contributed by atoms with Gasteiger partial charge in [-0.1, -0.05) is 0 Å². The molecule has 0 bridgehead atoms. The molecule has 17 heavy (non-hydrogen) atoms. The Morgan fingerprint density at radius 3 is 2.59 bits per heavy atom. The largest absolute Gasteiger partial charge is 0.522 e. The molecular weight excluding hydrogens is 233 g/mol. The molecule has 1 aliphatic rings. The average molecular weight is 254 g/mol. The van der Waals surface area contributed by atoms with E-state index in [1.807, 2.05) is 18.7 Å². The van der Waals surface area contributed by atoms with Gasteiger partial charge in [-0.2, -0.15) is 0 Å². The van der Waals surface area contributed by atoms with Crippen LogP contribution >= 0.6 is 0 Å². The van der Waals surface area contributed by atoms with Crippen LogP contribution in [0.1, 0.15) is 26.7 Å². The van der Waals surface area contributed by atoms with E-state index in [-0.39, 0.29) is 12.6 Å². The normalized spacial score (nSPS) is 21.7. The van der Waals surface area contributed by atoms with Crippen LogP contribution < -0.4 is 5.32 Å². The maximum Gasteiger partial charge on any atom is 0.522 e. The van der Waals surface area contributed by atoms with Gasteiger partial charge in [0.25, 0.3) is 0 Å². The van der Waals surface area contributed by atoms with E-state index in [2.05, 4.69) is 10.1 Å². The molecule has 1 saturated heterocycles. The summed E-state index contributed by atoms with van der Waals surface area (Å²) >= 11 is 0. The molecule has 6 heteroatoms. The van der Waals surface area contributed by atoms with Crippen molar-refractivity contribution in [2.45, 2.75) is 45.1 Å². The summed E-state index contributed by atoms with van der Waals surface area (Å²) in [6.45, 7) is 5.80. The lowest BCUT2D eigenvalue weighted by Gasteiger charge is -2.29. The van der Waals surface area contributed by atoms with Gasteiger partial charge in [0.05, 0.1) is 6.61 Å². The highest BCUT2D eigenvalue weighted by molar-refractivity contribution is 4.79. The van der Waals surface area contributed by atoms with Crippen LogP contribution in [0, 0.1) is 0 Å². The molecule has 1 fully saturated rings. The third kappa shape index (κ3) is 6.24. The predicted molar refractivity (Wildman–Crippen MR) is 59.7 cm³/mol. The summed E-state index contributed by atoms with van der Waals surface area (Å²) in [4.78, 5) is 2.02. The molecule has 0 spiro atoms. The first-order chi connectivity index (χ1) is 7.88. The molecule has 0 aliphatic carbocycles. The third-order valence-corrected chi connectivity index (χ3v) is 2.99. The van der Waals surface area contributed by atoms with Gasteiger partial charge in [-0.25, -0.2) is 0 Å². The summed E-state index contributed by atoms with van der Waals surface area (Å²) in [7, 11) is 0. The molecule has 3 nitrogen and oxygen atoms in total. The summed E-state index contributed by atoms with van der Waals surface area (Å²) < 4.78 is 39.4. The summed E-state index contributed by atoms with van der Waals surface area (Å²) in [5.41, 5.74) is 0. The number of hydrogen-bond acceptors (Lipinski definition) is 3. The van der Waals surface area contributed by atoms with Gasteiger partial charge < -0.3 is 5.32 Å². The lowest BCUT2D eigenvalue weighted by molar-refractivity contribution is -0.325. The summed E-state index contributed by atoms with van der Waals surface area (Å²) in [5, 5.41) is 3.34. The zero-order valence-corrected chi connectivity index (χ0v) is 10.4. The fourth-order valence-electron chi connectivity index (χ4n) is 2.03. The Balaban J connectivity index is 2.27. The van der Waals surface area contributed by atoms with Gasteiger partial charge in [-0.15, -0.1) is 13.2 Å². The topological polar surface area (TPSA) is 24.5 Å². The number of alkyl halides is 3. The van der Waals surface area contributed by atoms with E-state index in [9.17, 15) is 13.2 Å². The van der Waals surface area contributed by atoms with Crippen molar-refractivity contribution in [3.63, 3.8) is 0 Å². The second-order valence-corrected chi connectivity index (χ2v) is 4.68. The van der Waals surface area contributed by atoms with Crippen LogP contribution in [0.3, 0.4) is 0 Å². The molecule has 0 aromatic heterocycles. The van der Waals surface area contributed by atoms with Crippen LogP contribution in [-0.4, -0.2) is 49.6 Å². The molecule has 0 saturated carbocycles. The van der Waals surface area contributed by atoms with Gasteiger partial charge in [0.2, 0.25) is 0 Å². The van der Waals surface area contributed by atoms with Crippen LogP contribution in [0.4, 0.5) is 13.2 Å². The molecule has 0 radical (unpaired) electrons. The van der Waals surface area contributed by atoms with E-state index in [0.717, 1.165) is 25.9 Å². The molecule has 1 rings (SSSR count). The number of rotatable bonds is 6. The van der Waals surface area contributed by atoms with E-state index < -0.39 is 6.36 Å². The third-order valence-electron chi connectivity index (χ3n) is 2.99. The molecule has 1 aliphatic heterocycles. The van der Waals surface area contributed by atoms with Crippen molar-refractivity contribution in [3.05, 3.63) is 0 Å². The molecule has 1 unspecified atom stereocenters. The minimum absolute atomic E-state index is 0.231. The van der Waals surface area contributed by atoms with Crippen molar-refractivity contribution in [1.82, 2.24) is 10.2 Å². The fourth-order valence-corrected chi connectivity index (χ4v) is 2.03. The van der Waals surface area contributed by atoms with Gasteiger partial charge in [0, 0.05) is 25.2 Å². The summed E-state index contributed by atoms with van der Waals surface area (Å²) in [6, 6.07) is 0.637. The molecule has 0 amide bonds. The Morgan fingerprint density at radius 1 is 1.41 bits per heavy atom. The Labute approximate surface area is 100 Å². The molecule has 0 aromatic rings. The lowest BCUT2D eigenvalue weighted by atomic mass is 10.2. The average Bonchev–Trinajstić information content (AvgIpc) is 2.66. The lowest BCUT2D eigenvalue weighted by Crippen LogP contribution is -2.43. The van der Waals surface area contributed by atoms with Crippen LogP contribution in [-0.2, 0) is 4.74 Å². The molecule has 0 aromatic carbocycles. The van der Waals surface area contributed by atoms with Crippen molar-refractivity contribution in [1.29, 1.82) is 0 Å². The number of hydrogen-bond donors (Lipinski definition) is 1. The second-order valence-electron chi connectivity index (χ2n) is 4.68. The first-order valence-corrected chi connectivity index (χ1v) is 6.06. The van der Waals surface area contributed by atoms with Crippen molar-refractivity contribution in [3.8, 4) is 0 Å². The monoisotopic (exact) mass is 254 g/mol. The van der Waals surface area contributed by atoms with Crippen molar-refractivity contribution in [2.75, 3.05) is 26.2 Å². The van der Waals surface area contributed by atoms with Crippen molar-refractivity contribution in [2.24, 2.45) is 0 Å². The van der Waals surface area contributed by atoms with Crippen LogP contribution in [0.15, 0.2) is 0 Å². The number of nitrogens with zero attached hydrogens (tertiary/aromatic N) is 1. The first-order valence-electron chi connectivity index (χ1n) is 6.06. The molecular formula is C11H21F3N2O. The maximum absolute atomic E-state index is 11.9. The van der Waals surface area contributed by atoms with Crippen molar-refractivity contribution < 1.29 is 17.9 Å². The summed E-state index contributed by atoms with van der Waals surface area (Å²) in [5.74, 6) is 0. The van der Waals surface area contributed by atoms with Crippen molar-refractivity contribution >= 4 is 0 Å². The number of nitrogens with one attached hydrogen (secondary N) is 1. The quantitative estimate of drug-likeness (QED) is 0.784. The van der Waals surface area contributed by atoms with E-state index in [1.165, 1.54) is 0 Å². The molecule has 1 heterocycles. The number of halogens is 3. The Hall–Kier alpha value is -0.330. The second kappa shape index (κ2) is 6.56. The van der Waals surface area contributed by atoms with E-state index in [4.69, 9.17) is 0 Å². The SMILES string of the molecule is CC(C)N(CCOC(F)(F)F)CC1CCCN1. The Morgan fingerprint density at radius 2 is 2.12 bits per heavy atom. The predicted octanol–water partition coefficient (Wildman–Crippen LogP) is 1.99. The highest BCUT2D eigenvalue weighted by atomic mass is 19.4. The maximum atomic E-state index is 11.9. The smallest absolute Gasteiger partial charge is 0.313 e. The minimum atomic E-state index is -4.52. The van der Waals surface area contributed by atoms with E-state index in [1.54, 1.807) is 0 Å². The first kappa shape index (κ1) is 14.7. The van der Waals surface area contributed by atoms with E-state index >= 15 is 0 Å².